The van der Waals surface area contributed by atoms with Crippen molar-refractivity contribution in [3.8, 4) is 0 Å². The molecular formula is C11H14ClNO2. The minimum atomic E-state index is -0.450. The number of hydrogen-bond donors (Lipinski definition) is 1. The maximum absolute atomic E-state index is 11.6. The zero-order valence-electron chi connectivity index (χ0n) is 8.68. The summed E-state index contributed by atoms with van der Waals surface area (Å²) in [6.45, 7) is 0. The number of halogens is 1. The standard InChI is InChI=1S/C11H14ClNO2/c1-15-11(14)9-8-5-3-2-4-7(8)6-13-10(9)12/h6,10,13H,2-5H2,1H3. The summed E-state index contributed by atoms with van der Waals surface area (Å²) in [6.07, 6.45) is 6.18. The molecule has 0 amide bonds. The van der Waals surface area contributed by atoms with Gasteiger partial charge in [0.1, 0.15) is 5.50 Å². The van der Waals surface area contributed by atoms with Crippen LogP contribution in [0.15, 0.2) is 22.9 Å². The van der Waals surface area contributed by atoms with Crippen molar-refractivity contribution in [2.24, 2.45) is 0 Å². The largest absolute Gasteiger partial charge is 0.466 e. The van der Waals surface area contributed by atoms with Crippen LogP contribution in [-0.4, -0.2) is 18.6 Å². The molecule has 4 heteroatoms. The molecule has 1 saturated carbocycles. The number of hydrogen-bond acceptors (Lipinski definition) is 3. The minimum absolute atomic E-state index is 0.315. The van der Waals surface area contributed by atoms with Crippen molar-refractivity contribution in [1.29, 1.82) is 0 Å². The number of fused-ring (bicyclic) bond motifs is 1. The molecule has 0 aromatic heterocycles. The van der Waals surface area contributed by atoms with E-state index in [1.165, 1.54) is 19.1 Å². The second-order valence-electron chi connectivity index (χ2n) is 3.79. The normalized spacial score (nSPS) is 25.2. The predicted octanol–water partition coefficient (Wildman–Crippen LogP) is 2.08. The second-order valence-corrected chi connectivity index (χ2v) is 4.23. The number of alkyl halides is 1. The highest BCUT2D eigenvalue weighted by Gasteiger charge is 2.29. The Hall–Kier alpha value is -0.960. The fourth-order valence-electron chi connectivity index (χ4n) is 2.14. The molecule has 82 valence electrons. The number of nitrogens with one attached hydrogen (secondary N) is 1. The number of ether oxygens (including phenoxy) is 1. The van der Waals surface area contributed by atoms with Gasteiger partial charge < -0.3 is 10.1 Å². The van der Waals surface area contributed by atoms with Gasteiger partial charge in [0, 0.05) is 6.20 Å². The zero-order chi connectivity index (χ0) is 10.8. The van der Waals surface area contributed by atoms with Crippen LogP contribution < -0.4 is 5.32 Å². The summed E-state index contributed by atoms with van der Waals surface area (Å²) in [6, 6.07) is 0. The van der Waals surface area contributed by atoms with Crippen molar-refractivity contribution >= 4 is 17.6 Å². The van der Waals surface area contributed by atoms with Gasteiger partial charge in [-0.05, 0) is 36.8 Å². The lowest BCUT2D eigenvalue weighted by molar-refractivity contribution is -0.136. The van der Waals surface area contributed by atoms with Crippen LogP contribution in [0.4, 0.5) is 0 Å². The lowest BCUT2D eigenvalue weighted by atomic mass is 9.85. The van der Waals surface area contributed by atoms with Gasteiger partial charge in [-0.25, -0.2) is 4.79 Å². The van der Waals surface area contributed by atoms with E-state index < -0.39 is 5.50 Å². The maximum atomic E-state index is 11.6. The van der Waals surface area contributed by atoms with Crippen molar-refractivity contribution in [2.75, 3.05) is 7.11 Å². The van der Waals surface area contributed by atoms with Crippen molar-refractivity contribution in [3.63, 3.8) is 0 Å². The van der Waals surface area contributed by atoms with E-state index in [2.05, 4.69) is 5.32 Å². The van der Waals surface area contributed by atoms with Gasteiger partial charge in [0.25, 0.3) is 0 Å². The highest BCUT2D eigenvalue weighted by molar-refractivity contribution is 6.25. The van der Waals surface area contributed by atoms with Crippen molar-refractivity contribution in [3.05, 3.63) is 22.9 Å². The minimum Gasteiger partial charge on any atom is -0.466 e. The second kappa shape index (κ2) is 4.27. The third-order valence-corrected chi connectivity index (χ3v) is 3.24. The van der Waals surface area contributed by atoms with E-state index in [0.717, 1.165) is 24.8 Å². The summed E-state index contributed by atoms with van der Waals surface area (Å²) in [5, 5.41) is 2.99. The molecular weight excluding hydrogens is 214 g/mol. The summed E-state index contributed by atoms with van der Waals surface area (Å²) in [4.78, 5) is 11.6. The van der Waals surface area contributed by atoms with Crippen LogP contribution in [0.1, 0.15) is 25.7 Å². The van der Waals surface area contributed by atoms with E-state index in [-0.39, 0.29) is 5.97 Å². The van der Waals surface area contributed by atoms with Crippen LogP contribution in [0, 0.1) is 0 Å². The summed E-state index contributed by atoms with van der Waals surface area (Å²) in [7, 11) is 1.39. The Morgan fingerprint density at radius 2 is 2.27 bits per heavy atom. The van der Waals surface area contributed by atoms with Gasteiger partial charge in [0.15, 0.2) is 0 Å². The molecule has 0 aromatic rings. The smallest absolute Gasteiger partial charge is 0.337 e. The van der Waals surface area contributed by atoms with Gasteiger partial charge in [-0.2, -0.15) is 0 Å². The van der Waals surface area contributed by atoms with Crippen LogP contribution >= 0.6 is 11.6 Å². The van der Waals surface area contributed by atoms with Crippen LogP contribution in [-0.2, 0) is 9.53 Å². The lowest BCUT2D eigenvalue weighted by Gasteiger charge is -2.28. The van der Waals surface area contributed by atoms with Crippen LogP contribution in [0.5, 0.6) is 0 Å². The van der Waals surface area contributed by atoms with Gasteiger partial charge in [0.2, 0.25) is 0 Å². The van der Waals surface area contributed by atoms with Crippen LogP contribution in [0.3, 0.4) is 0 Å². The molecule has 0 saturated heterocycles. The van der Waals surface area contributed by atoms with E-state index in [9.17, 15) is 4.79 Å². The Bertz CT molecular complexity index is 346. The number of carbonyl (C=O) groups is 1. The number of esters is 1. The molecule has 0 spiro atoms. The molecule has 1 unspecified atom stereocenters. The first-order chi connectivity index (χ1) is 7.24. The first-order valence-corrected chi connectivity index (χ1v) is 5.58. The average Bonchev–Trinajstić information content (AvgIpc) is 2.28. The Morgan fingerprint density at radius 3 is 3.00 bits per heavy atom. The van der Waals surface area contributed by atoms with Gasteiger partial charge >= 0.3 is 5.97 Å². The number of rotatable bonds is 1. The Balaban J connectivity index is 2.38. The van der Waals surface area contributed by atoms with Gasteiger partial charge in [-0.1, -0.05) is 11.6 Å². The molecule has 1 aliphatic heterocycles. The SMILES string of the molecule is COC(=O)C1=C2CCCCC2=CNC1Cl. The molecule has 2 rings (SSSR count). The van der Waals surface area contributed by atoms with Crippen molar-refractivity contribution in [2.45, 2.75) is 31.2 Å². The van der Waals surface area contributed by atoms with Crippen LogP contribution in [0.2, 0.25) is 0 Å². The summed E-state index contributed by atoms with van der Waals surface area (Å²) in [5.74, 6) is -0.315. The molecule has 1 fully saturated rings. The van der Waals surface area contributed by atoms with E-state index in [1.807, 2.05) is 6.20 Å². The molecule has 1 aliphatic carbocycles. The molecule has 0 aromatic carbocycles. The number of dihydropyridines is 1. The number of allylic oxidation sites excluding steroid dienone is 2. The fourth-order valence-corrected chi connectivity index (χ4v) is 2.43. The first-order valence-electron chi connectivity index (χ1n) is 5.15. The van der Waals surface area contributed by atoms with E-state index in [0.29, 0.717) is 5.57 Å². The van der Waals surface area contributed by atoms with Gasteiger partial charge in [-0.15, -0.1) is 0 Å². The molecule has 3 nitrogen and oxygen atoms in total. The highest BCUT2D eigenvalue weighted by atomic mass is 35.5. The Morgan fingerprint density at radius 1 is 1.53 bits per heavy atom. The molecule has 0 bridgehead atoms. The third-order valence-electron chi connectivity index (χ3n) is 2.90. The number of carbonyl (C=O) groups excluding carboxylic acids is 1. The topological polar surface area (TPSA) is 38.3 Å². The third kappa shape index (κ3) is 1.88. The first kappa shape index (κ1) is 10.6. The lowest BCUT2D eigenvalue weighted by Crippen LogP contribution is -2.32. The predicted molar refractivity (Wildman–Crippen MR) is 58.4 cm³/mol. The van der Waals surface area contributed by atoms with Crippen molar-refractivity contribution in [1.82, 2.24) is 5.32 Å². The summed E-state index contributed by atoms with van der Waals surface area (Å²) >= 11 is 6.06. The quantitative estimate of drug-likeness (QED) is 0.424. The van der Waals surface area contributed by atoms with Gasteiger partial charge in [0.05, 0.1) is 12.7 Å². The monoisotopic (exact) mass is 227 g/mol. The zero-order valence-corrected chi connectivity index (χ0v) is 9.43. The van der Waals surface area contributed by atoms with E-state index in [1.54, 1.807) is 0 Å². The van der Waals surface area contributed by atoms with Crippen LogP contribution in [0.25, 0.3) is 0 Å². The molecule has 1 heterocycles. The number of methoxy groups -OCH3 is 1. The summed E-state index contributed by atoms with van der Waals surface area (Å²) < 4.78 is 4.76. The fraction of sp³-hybridized carbons (Fsp3) is 0.545. The Labute approximate surface area is 94.1 Å². The Kier molecular flexibility index (Phi) is 3.00. The van der Waals surface area contributed by atoms with E-state index >= 15 is 0 Å². The maximum Gasteiger partial charge on any atom is 0.337 e. The van der Waals surface area contributed by atoms with Gasteiger partial charge in [-0.3, -0.25) is 0 Å². The molecule has 1 atom stereocenters. The van der Waals surface area contributed by atoms with E-state index in [4.69, 9.17) is 16.3 Å². The highest BCUT2D eigenvalue weighted by Crippen LogP contribution is 2.35. The average molecular weight is 228 g/mol. The molecule has 2 aliphatic rings. The van der Waals surface area contributed by atoms with Crippen molar-refractivity contribution < 1.29 is 9.53 Å². The molecule has 1 N–H and O–H groups in total. The molecule has 0 radical (unpaired) electrons. The molecule has 15 heavy (non-hydrogen) atoms. The summed E-state index contributed by atoms with van der Waals surface area (Å²) in [5.41, 5.74) is 2.44.